The van der Waals surface area contributed by atoms with Gasteiger partial charge in [-0.15, -0.1) is 0 Å². The number of allylic oxidation sites excluding steroid dienone is 1. The Bertz CT molecular complexity index is 537. The summed E-state index contributed by atoms with van der Waals surface area (Å²) >= 11 is 0. The summed E-state index contributed by atoms with van der Waals surface area (Å²) in [5.74, 6) is 0. The van der Waals surface area contributed by atoms with Gasteiger partial charge in [-0.1, -0.05) is 42.5 Å². The monoisotopic (exact) mass is 238 g/mol. The Balaban J connectivity index is 1.70. The first-order valence-corrected chi connectivity index (χ1v) is 6.68. The van der Waals surface area contributed by atoms with E-state index in [9.17, 15) is 0 Å². The first-order chi connectivity index (χ1) is 8.93. The molecule has 0 atom stereocenters. The fraction of sp³-hybridized carbons (Fsp3) is 0.312. The molecule has 2 nitrogen and oxygen atoms in total. The van der Waals surface area contributed by atoms with Gasteiger partial charge in [0.15, 0.2) is 0 Å². The fourth-order valence-electron chi connectivity index (χ4n) is 2.55. The van der Waals surface area contributed by atoms with Gasteiger partial charge in [-0.2, -0.15) is 0 Å². The standard InChI is InChI=1S/C16H18N2/c1-2-7-14(8-3-1)9-6-12-18-13-17-15-10-4-5-11-16(15)18/h1-3,6-9,13H,4-5,10-12H2/b9-6+. The van der Waals surface area contributed by atoms with E-state index in [1.165, 1.54) is 36.2 Å². The zero-order valence-corrected chi connectivity index (χ0v) is 10.5. The smallest absolute Gasteiger partial charge is 0.0954 e. The molecule has 0 saturated carbocycles. The summed E-state index contributed by atoms with van der Waals surface area (Å²) in [5, 5.41) is 0. The molecule has 1 aromatic carbocycles. The number of imidazole rings is 1. The van der Waals surface area contributed by atoms with Crippen molar-refractivity contribution in [3.05, 3.63) is 59.7 Å². The molecule has 0 saturated heterocycles. The largest absolute Gasteiger partial charge is 0.330 e. The van der Waals surface area contributed by atoms with E-state index in [0.29, 0.717) is 0 Å². The Labute approximate surface area is 108 Å². The van der Waals surface area contributed by atoms with Gasteiger partial charge in [0.25, 0.3) is 0 Å². The Kier molecular flexibility index (Phi) is 3.26. The molecule has 0 fully saturated rings. The Morgan fingerprint density at radius 3 is 2.83 bits per heavy atom. The molecule has 92 valence electrons. The van der Waals surface area contributed by atoms with Gasteiger partial charge in [-0.05, 0) is 31.2 Å². The highest BCUT2D eigenvalue weighted by atomic mass is 15.1. The van der Waals surface area contributed by atoms with Crippen molar-refractivity contribution in [3.63, 3.8) is 0 Å². The molecule has 3 rings (SSSR count). The fourth-order valence-corrected chi connectivity index (χ4v) is 2.55. The molecule has 0 bridgehead atoms. The number of rotatable bonds is 3. The molecule has 1 aromatic heterocycles. The van der Waals surface area contributed by atoms with Crippen LogP contribution in [0.15, 0.2) is 42.7 Å². The summed E-state index contributed by atoms with van der Waals surface area (Å²) in [7, 11) is 0. The van der Waals surface area contributed by atoms with Gasteiger partial charge >= 0.3 is 0 Å². The van der Waals surface area contributed by atoms with Crippen LogP contribution in [0.25, 0.3) is 6.08 Å². The average Bonchev–Trinajstić information content (AvgIpc) is 2.84. The van der Waals surface area contributed by atoms with Crippen LogP contribution >= 0.6 is 0 Å². The summed E-state index contributed by atoms with van der Waals surface area (Å²) < 4.78 is 2.29. The molecule has 1 heterocycles. The third-order valence-electron chi connectivity index (χ3n) is 3.52. The highest BCUT2D eigenvalue weighted by Crippen LogP contribution is 2.19. The van der Waals surface area contributed by atoms with Crippen LogP contribution in [-0.2, 0) is 19.4 Å². The van der Waals surface area contributed by atoms with Gasteiger partial charge in [0.2, 0.25) is 0 Å². The zero-order valence-electron chi connectivity index (χ0n) is 10.5. The van der Waals surface area contributed by atoms with Crippen molar-refractivity contribution in [1.82, 2.24) is 9.55 Å². The van der Waals surface area contributed by atoms with E-state index in [4.69, 9.17) is 0 Å². The average molecular weight is 238 g/mol. The number of aryl methyl sites for hydroxylation is 1. The predicted octanol–water partition coefficient (Wildman–Crippen LogP) is 3.48. The lowest BCUT2D eigenvalue weighted by Crippen LogP contribution is -2.07. The molecule has 18 heavy (non-hydrogen) atoms. The zero-order chi connectivity index (χ0) is 12.2. The van der Waals surface area contributed by atoms with E-state index in [-0.39, 0.29) is 0 Å². The summed E-state index contributed by atoms with van der Waals surface area (Å²) in [4.78, 5) is 4.51. The molecule has 1 aliphatic rings. The van der Waals surface area contributed by atoms with Crippen molar-refractivity contribution < 1.29 is 0 Å². The van der Waals surface area contributed by atoms with Gasteiger partial charge in [0, 0.05) is 12.2 Å². The summed E-state index contributed by atoms with van der Waals surface area (Å²) in [6, 6.07) is 10.4. The lowest BCUT2D eigenvalue weighted by atomic mass is 10.0. The maximum Gasteiger partial charge on any atom is 0.0954 e. The minimum atomic E-state index is 0.928. The lowest BCUT2D eigenvalue weighted by Gasteiger charge is -2.12. The second-order valence-electron chi connectivity index (χ2n) is 4.81. The van der Waals surface area contributed by atoms with E-state index in [0.717, 1.165) is 13.0 Å². The van der Waals surface area contributed by atoms with Crippen molar-refractivity contribution in [2.75, 3.05) is 0 Å². The Hall–Kier alpha value is -1.83. The summed E-state index contributed by atoms with van der Waals surface area (Å²) in [6.07, 6.45) is 11.3. The van der Waals surface area contributed by atoms with E-state index < -0.39 is 0 Å². The van der Waals surface area contributed by atoms with Crippen molar-refractivity contribution in [2.45, 2.75) is 32.2 Å². The maximum atomic E-state index is 4.51. The Morgan fingerprint density at radius 2 is 1.94 bits per heavy atom. The predicted molar refractivity (Wildman–Crippen MR) is 74.3 cm³/mol. The molecule has 0 radical (unpaired) electrons. The molecule has 2 heteroatoms. The van der Waals surface area contributed by atoms with E-state index in [1.807, 2.05) is 12.4 Å². The quantitative estimate of drug-likeness (QED) is 0.800. The normalized spacial score (nSPS) is 14.9. The Morgan fingerprint density at radius 1 is 1.11 bits per heavy atom. The first kappa shape index (κ1) is 11.3. The maximum absolute atomic E-state index is 4.51. The van der Waals surface area contributed by atoms with Gasteiger partial charge < -0.3 is 4.57 Å². The minimum Gasteiger partial charge on any atom is -0.330 e. The third-order valence-corrected chi connectivity index (χ3v) is 3.52. The SMILES string of the molecule is C(=C\c1ccccc1)/Cn1cnc2c1CCCC2. The minimum absolute atomic E-state index is 0.928. The highest BCUT2D eigenvalue weighted by Gasteiger charge is 2.13. The number of hydrogen-bond donors (Lipinski definition) is 0. The van der Waals surface area contributed by atoms with Crippen LogP contribution in [0.3, 0.4) is 0 Å². The van der Waals surface area contributed by atoms with Crippen LogP contribution < -0.4 is 0 Å². The molecule has 0 aliphatic heterocycles. The van der Waals surface area contributed by atoms with Crippen molar-refractivity contribution in [3.8, 4) is 0 Å². The number of fused-ring (bicyclic) bond motifs is 1. The van der Waals surface area contributed by atoms with Crippen LogP contribution in [0.5, 0.6) is 0 Å². The van der Waals surface area contributed by atoms with Gasteiger partial charge in [-0.25, -0.2) is 4.98 Å². The molecule has 0 N–H and O–H groups in total. The van der Waals surface area contributed by atoms with Crippen LogP contribution in [0.4, 0.5) is 0 Å². The van der Waals surface area contributed by atoms with Crippen LogP contribution in [0, 0.1) is 0 Å². The molecule has 1 aliphatic carbocycles. The van der Waals surface area contributed by atoms with Crippen LogP contribution in [0.1, 0.15) is 29.8 Å². The molecular weight excluding hydrogens is 220 g/mol. The molecule has 2 aromatic rings. The highest BCUT2D eigenvalue weighted by molar-refractivity contribution is 5.48. The van der Waals surface area contributed by atoms with E-state index in [2.05, 4.69) is 46.0 Å². The second kappa shape index (κ2) is 5.21. The van der Waals surface area contributed by atoms with Crippen LogP contribution in [0.2, 0.25) is 0 Å². The lowest BCUT2D eigenvalue weighted by molar-refractivity contribution is 0.632. The number of benzene rings is 1. The first-order valence-electron chi connectivity index (χ1n) is 6.68. The van der Waals surface area contributed by atoms with E-state index in [1.54, 1.807) is 0 Å². The summed E-state index contributed by atoms with van der Waals surface area (Å²) in [6.45, 7) is 0.928. The molecule has 0 spiro atoms. The van der Waals surface area contributed by atoms with Gasteiger partial charge in [0.1, 0.15) is 0 Å². The second-order valence-corrected chi connectivity index (χ2v) is 4.81. The third kappa shape index (κ3) is 2.37. The summed E-state index contributed by atoms with van der Waals surface area (Å²) in [5.41, 5.74) is 4.01. The topological polar surface area (TPSA) is 17.8 Å². The van der Waals surface area contributed by atoms with Crippen molar-refractivity contribution in [1.29, 1.82) is 0 Å². The van der Waals surface area contributed by atoms with E-state index >= 15 is 0 Å². The molecule has 0 unspecified atom stereocenters. The molecule has 0 amide bonds. The number of nitrogens with zero attached hydrogens (tertiary/aromatic N) is 2. The number of aromatic nitrogens is 2. The van der Waals surface area contributed by atoms with Crippen molar-refractivity contribution >= 4 is 6.08 Å². The van der Waals surface area contributed by atoms with Gasteiger partial charge in [0.05, 0.1) is 12.0 Å². The van der Waals surface area contributed by atoms with Crippen LogP contribution in [-0.4, -0.2) is 9.55 Å². The molecular formula is C16H18N2. The van der Waals surface area contributed by atoms with Gasteiger partial charge in [-0.3, -0.25) is 0 Å². The number of hydrogen-bond acceptors (Lipinski definition) is 1. The van der Waals surface area contributed by atoms with Crippen molar-refractivity contribution in [2.24, 2.45) is 0 Å².